The largest absolute Gasteiger partial charge is 0.318 e. The van der Waals surface area contributed by atoms with Crippen LogP contribution in [0, 0.1) is 13.8 Å². The third-order valence-corrected chi connectivity index (χ3v) is 6.36. The molecule has 0 radical (unpaired) electrons. The van der Waals surface area contributed by atoms with E-state index in [1.807, 2.05) is 44.2 Å². The molecule has 4 rings (SSSR count). The maximum absolute atomic E-state index is 13.4. The van der Waals surface area contributed by atoms with Crippen LogP contribution in [0.3, 0.4) is 0 Å². The molecule has 2 aromatic carbocycles. The Balaban J connectivity index is 1.72. The van der Waals surface area contributed by atoms with Crippen molar-refractivity contribution in [1.82, 2.24) is 9.88 Å². The van der Waals surface area contributed by atoms with Gasteiger partial charge in [0, 0.05) is 17.1 Å². The fourth-order valence-corrected chi connectivity index (χ4v) is 4.42. The summed E-state index contributed by atoms with van der Waals surface area (Å²) in [5.41, 5.74) is 6.97. The zero-order valence-corrected chi connectivity index (χ0v) is 20.1. The van der Waals surface area contributed by atoms with E-state index in [0.29, 0.717) is 5.69 Å². The van der Waals surface area contributed by atoms with Gasteiger partial charge in [0.15, 0.2) is 5.11 Å². The van der Waals surface area contributed by atoms with Crippen molar-refractivity contribution < 1.29 is 9.59 Å². The molecule has 1 aromatic heterocycles. The van der Waals surface area contributed by atoms with Crippen molar-refractivity contribution in [2.45, 2.75) is 40.5 Å². The number of hydrogen-bond donors (Lipinski definition) is 1. The van der Waals surface area contributed by atoms with E-state index in [9.17, 15) is 9.59 Å². The third-order valence-electron chi connectivity index (χ3n) is 6.08. The molecule has 1 aliphatic rings. The number of aryl methyl sites for hydroxylation is 3. The summed E-state index contributed by atoms with van der Waals surface area (Å²) in [6, 6.07) is 18.0. The maximum atomic E-state index is 13.4. The van der Waals surface area contributed by atoms with Crippen molar-refractivity contribution >= 4 is 40.9 Å². The molecule has 1 saturated heterocycles. The number of rotatable bonds is 5. The van der Waals surface area contributed by atoms with Crippen LogP contribution < -0.4 is 10.2 Å². The lowest BCUT2D eigenvalue weighted by Crippen LogP contribution is -2.54. The van der Waals surface area contributed by atoms with Crippen molar-refractivity contribution in [2.24, 2.45) is 0 Å². The molecule has 1 N–H and O–H groups in total. The summed E-state index contributed by atoms with van der Waals surface area (Å²) in [5.74, 6) is -0.909. The monoisotopic (exact) mass is 457 g/mol. The highest BCUT2D eigenvalue weighted by Gasteiger charge is 2.34. The van der Waals surface area contributed by atoms with Crippen LogP contribution in [0.15, 0.2) is 60.2 Å². The van der Waals surface area contributed by atoms with Gasteiger partial charge in [0.1, 0.15) is 5.57 Å². The van der Waals surface area contributed by atoms with Crippen LogP contribution in [0.4, 0.5) is 5.69 Å². The number of thiocarbonyl (C=S) groups is 1. The lowest BCUT2D eigenvalue weighted by molar-refractivity contribution is -0.122. The highest BCUT2D eigenvalue weighted by Crippen LogP contribution is 2.26. The number of nitrogens with zero attached hydrogens (tertiary/aromatic N) is 2. The van der Waals surface area contributed by atoms with E-state index in [-0.39, 0.29) is 10.7 Å². The van der Waals surface area contributed by atoms with Gasteiger partial charge < -0.3 is 4.57 Å². The number of carbonyl (C=O) groups is 2. The first-order valence-electron chi connectivity index (χ1n) is 11.1. The number of hydrogen-bond acceptors (Lipinski definition) is 3. The molecule has 2 amide bonds. The zero-order chi connectivity index (χ0) is 23.7. The summed E-state index contributed by atoms with van der Waals surface area (Å²) < 4.78 is 2.13. The van der Waals surface area contributed by atoms with Gasteiger partial charge in [0.25, 0.3) is 11.8 Å². The first-order chi connectivity index (χ1) is 15.8. The lowest BCUT2D eigenvalue weighted by atomic mass is 10.1. The quantitative estimate of drug-likeness (QED) is 0.331. The molecule has 0 bridgehead atoms. The molecule has 3 aromatic rings. The number of benzene rings is 2. The van der Waals surface area contributed by atoms with Crippen molar-refractivity contribution in [3.05, 3.63) is 88.2 Å². The van der Waals surface area contributed by atoms with Crippen molar-refractivity contribution in [3.63, 3.8) is 0 Å². The predicted molar refractivity (Wildman–Crippen MR) is 137 cm³/mol. The highest BCUT2D eigenvalue weighted by atomic mass is 32.1. The highest BCUT2D eigenvalue weighted by molar-refractivity contribution is 7.80. The summed E-state index contributed by atoms with van der Waals surface area (Å²) in [6.07, 6.45) is 3.54. The van der Waals surface area contributed by atoms with Crippen LogP contribution in [-0.2, 0) is 22.4 Å². The SMILES string of the molecule is CCc1ccc(N2C(=O)/C(=C/c3cc(C)n(-c4ccc(CC)cc4)c3C)C(=O)NC2=S)cc1. The first kappa shape index (κ1) is 22.7. The van der Waals surface area contributed by atoms with Crippen molar-refractivity contribution in [1.29, 1.82) is 0 Å². The molecule has 0 atom stereocenters. The Morgan fingerprint density at radius 3 is 1.97 bits per heavy atom. The van der Waals surface area contributed by atoms with Gasteiger partial charge in [-0.15, -0.1) is 0 Å². The van der Waals surface area contributed by atoms with Crippen molar-refractivity contribution in [3.8, 4) is 5.69 Å². The fraction of sp³-hybridized carbons (Fsp3) is 0.222. The molecule has 33 heavy (non-hydrogen) atoms. The Hall–Kier alpha value is -3.51. The maximum Gasteiger partial charge on any atom is 0.270 e. The summed E-state index contributed by atoms with van der Waals surface area (Å²) in [5, 5.41) is 2.76. The Bertz CT molecular complexity index is 1270. The smallest absolute Gasteiger partial charge is 0.270 e. The van der Waals surface area contributed by atoms with E-state index in [1.165, 1.54) is 10.5 Å². The normalized spacial score (nSPS) is 15.3. The van der Waals surface area contributed by atoms with Gasteiger partial charge in [-0.25, -0.2) is 0 Å². The third kappa shape index (κ3) is 4.26. The van der Waals surface area contributed by atoms with E-state index in [4.69, 9.17) is 12.2 Å². The predicted octanol–water partition coefficient (Wildman–Crippen LogP) is 5.05. The van der Waals surface area contributed by atoms with Gasteiger partial charge in [-0.3, -0.25) is 19.8 Å². The second kappa shape index (κ2) is 9.16. The van der Waals surface area contributed by atoms with Crippen LogP contribution in [0.2, 0.25) is 0 Å². The number of nitrogens with one attached hydrogen (secondary N) is 1. The van der Waals surface area contributed by atoms with Crippen LogP contribution in [0.5, 0.6) is 0 Å². The Kier molecular flexibility index (Phi) is 6.29. The van der Waals surface area contributed by atoms with E-state index >= 15 is 0 Å². The van der Waals surface area contributed by atoms with Crippen LogP contribution >= 0.6 is 12.2 Å². The van der Waals surface area contributed by atoms with Gasteiger partial charge in [0.05, 0.1) is 5.69 Å². The standard InChI is InChI=1S/C27H27N3O2S/c1-5-19-7-11-22(12-8-19)29-17(3)15-21(18(29)4)16-24-25(31)28-27(33)30(26(24)32)23-13-9-20(6-2)10-14-23/h7-16H,5-6H2,1-4H3,(H,28,31,33)/b24-16+. The van der Waals surface area contributed by atoms with Gasteiger partial charge in [-0.1, -0.05) is 38.1 Å². The van der Waals surface area contributed by atoms with Gasteiger partial charge in [0.2, 0.25) is 0 Å². The number of aromatic nitrogens is 1. The average Bonchev–Trinajstić information content (AvgIpc) is 3.09. The molecule has 1 aliphatic heterocycles. The first-order valence-corrected chi connectivity index (χ1v) is 11.5. The number of carbonyl (C=O) groups excluding carboxylic acids is 2. The Morgan fingerprint density at radius 2 is 1.42 bits per heavy atom. The summed E-state index contributed by atoms with van der Waals surface area (Å²) >= 11 is 5.32. The Labute approximate surface area is 199 Å². The molecule has 1 fully saturated rings. The van der Waals surface area contributed by atoms with Gasteiger partial charge in [-0.2, -0.15) is 0 Å². The van der Waals surface area contributed by atoms with Gasteiger partial charge >= 0.3 is 0 Å². The van der Waals surface area contributed by atoms with E-state index in [2.05, 4.69) is 48.0 Å². The van der Waals surface area contributed by atoms with E-state index in [0.717, 1.165) is 41.0 Å². The number of anilines is 1. The zero-order valence-electron chi connectivity index (χ0n) is 19.3. The fourth-order valence-electron chi connectivity index (χ4n) is 4.14. The molecule has 0 unspecified atom stereocenters. The molecular formula is C27H27N3O2S. The lowest BCUT2D eigenvalue weighted by Gasteiger charge is -2.29. The summed E-state index contributed by atoms with van der Waals surface area (Å²) in [6.45, 7) is 8.21. The minimum atomic E-state index is -0.483. The topological polar surface area (TPSA) is 54.3 Å². The van der Waals surface area contributed by atoms with Gasteiger partial charge in [-0.05, 0) is 92.0 Å². The minimum absolute atomic E-state index is 0.0600. The molecule has 0 aliphatic carbocycles. The Morgan fingerprint density at radius 1 is 0.879 bits per heavy atom. The van der Waals surface area contributed by atoms with Crippen LogP contribution in [-0.4, -0.2) is 21.5 Å². The second-order valence-corrected chi connectivity index (χ2v) is 8.55. The molecule has 0 saturated carbocycles. The van der Waals surface area contributed by atoms with Crippen LogP contribution in [0.25, 0.3) is 11.8 Å². The summed E-state index contributed by atoms with van der Waals surface area (Å²) in [7, 11) is 0. The minimum Gasteiger partial charge on any atom is -0.318 e. The van der Waals surface area contributed by atoms with Crippen LogP contribution in [0.1, 0.15) is 41.9 Å². The molecular weight excluding hydrogens is 430 g/mol. The molecule has 6 heteroatoms. The molecule has 168 valence electrons. The van der Waals surface area contributed by atoms with E-state index in [1.54, 1.807) is 6.08 Å². The molecule has 2 heterocycles. The van der Waals surface area contributed by atoms with E-state index < -0.39 is 11.8 Å². The summed E-state index contributed by atoms with van der Waals surface area (Å²) in [4.78, 5) is 27.5. The molecule has 5 nitrogen and oxygen atoms in total. The molecule has 0 spiro atoms. The number of amides is 2. The average molecular weight is 458 g/mol. The van der Waals surface area contributed by atoms with Crippen molar-refractivity contribution in [2.75, 3.05) is 4.90 Å². The second-order valence-electron chi connectivity index (χ2n) is 8.16.